The molecule has 0 aromatic carbocycles. The van der Waals surface area contributed by atoms with Crippen LogP contribution >= 0.6 is 0 Å². The highest BCUT2D eigenvalue weighted by atomic mass is 16.4. The van der Waals surface area contributed by atoms with Crippen molar-refractivity contribution in [3.63, 3.8) is 0 Å². The zero-order chi connectivity index (χ0) is 13.7. The lowest BCUT2D eigenvalue weighted by Crippen LogP contribution is -2.19. The smallest absolute Gasteiger partial charge is 0.315 e. The van der Waals surface area contributed by atoms with Crippen LogP contribution in [0.1, 0.15) is 37.5 Å². The Balaban J connectivity index is 1.91. The molecule has 102 valence electrons. The van der Waals surface area contributed by atoms with E-state index >= 15 is 0 Å². The summed E-state index contributed by atoms with van der Waals surface area (Å²) in [5, 5.41) is 11.2. The number of nitrogens with zero attached hydrogens (tertiary/aromatic N) is 3. The van der Waals surface area contributed by atoms with E-state index in [4.69, 9.17) is 4.42 Å². The molecule has 2 heterocycles. The first-order valence-corrected chi connectivity index (χ1v) is 6.69. The molecule has 0 aliphatic carbocycles. The van der Waals surface area contributed by atoms with Gasteiger partial charge in [-0.3, -0.25) is 4.98 Å². The molecule has 2 aromatic rings. The summed E-state index contributed by atoms with van der Waals surface area (Å²) < 4.78 is 5.50. The molecule has 5 nitrogen and oxygen atoms in total. The zero-order valence-electron chi connectivity index (χ0n) is 11.7. The lowest BCUT2D eigenvalue weighted by molar-refractivity contribution is 0.496. The third-order valence-electron chi connectivity index (χ3n) is 2.76. The van der Waals surface area contributed by atoms with Crippen molar-refractivity contribution in [1.82, 2.24) is 15.2 Å². The Labute approximate surface area is 113 Å². The van der Waals surface area contributed by atoms with E-state index in [2.05, 4.69) is 34.3 Å². The minimum absolute atomic E-state index is 0.198. The van der Waals surface area contributed by atoms with E-state index in [9.17, 15) is 0 Å². The van der Waals surface area contributed by atoms with E-state index in [0.717, 1.165) is 30.7 Å². The van der Waals surface area contributed by atoms with Gasteiger partial charge in [0.05, 0.1) is 0 Å². The predicted molar refractivity (Wildman–Crippen MR) is 74.1 cm³/mol. The normalized spacial score (nSPS) is 12.4. The molecule has 19 heavy (non-hydrogen) atoms. The highest BCUT2D eigenvalue weighted by molar-refractivity contribution is 5.21. The predicted octanol–water partition coefficient (Wildman–Crippen LogP) is 2.77. The van der Waals surface area contributed by atoms with Crippen molar-refractivity contribution < 1.29 is 4.42 Å². The molecule has 1 N–H and O–H groups in total. The minimum Gasteiger partial charge on any atom is -0.408 e. The van der Waals surface area contributed by atoms with Crippen molar-refractivity contribution >= 4 is 6.01 Å². The number of hydrogen-bond donors (Lipinski definition) is 1. The molecule has 0 fully saturated rings. The lowest BCUT2D eigenvalue weighted by atomic mass is 10.1. The Morgan fingerprint density at radius 1 is 1.32 bits per heavy atom. The average Bonchev–Trinajstić information content (AvgIpc) is 2.77. The number of rotatable bonds is 6. The van der Waals surface area contributed by atoms with Crippen LogP contribution < -0.4 is 5.32 Å². The molecule has 0 saturated carbocycles. The summed E-state index contributed by atoms with van der Waals surface area (Å²) in [5.74, 6) is 0.686. The fraction of sp³-hybridized carbons (Fsp3) is 0.500. The van der Waals surface area contributed by atoms with Gasteiger partial charge in [0.1, 0.15) is 0 Å². The van der Waals surface area contributed by atoms with Crippen LogP contribution in [-0.4, -0.2) is 21.2 Å². The van der Waals surface area contributed by atoms with Crippen molar-refractivity contribution in [2.24, 2.45) is 0 Å². The summed E-state index contributed by atoms with van der Waals surface area (Å²) in [7, 11) is 0. The maximum Gasteiger partial charge on any atom is 0.315 e. The number of pyridine rings is 1. The molecule has 0 amide bonds. The van der Waals surface area contributed by atoms with Crippen molar-refractivity contribution in [1.29, 1.82) is 0 Å². The number of nitrogens with one attached hydrogen (secondary N) is 1. The third-order valence-corrected chi connectivity index (χ3v) is 2.76. The summed E-state index contributed by atoms with van der Waals surface area (Å²) in [6, 6.07) is 6.74. The van der Waals surface area contributed by atoms with Crippen LogP contribution in [0.2, 0.25) is 0 Å². The van der Waals surface area contributed by atoms with E-state index in [1.54, 1.807) is 0 Å². The highest BCUT2D eigenvalue weighted by Gasteiger charge is 2.10. The van der Waals surface area contributed by atoms with Gasteiger partial charge in [-0.1, -0.05) is 18.1 Å². The van der Waals surface area contributed by atoms with Crippen LogP contribution in [0.5, 0.6) is 0 Å². The van der Waals surface area contributed by atoms with Crippen LogP contribution in [0.25, 0.3) is 0 Å². The van der Waals surface area contributed by atoms with Gasteiger partial charge in [-0.15, -0.1) is 5.10 Å². The topological polar surface area (TPSA) is 63.8 Å². The van der Waals surface area contributed by atoms with Gasteiger partial charge < -0.3 is 9.73 Å². The first kappa shape index (κ1) is 13.5. The standard InChI is InChI=1S/C14H20N4O/c1-4-6-13-17-18-14(19-13)16-11(3)9-12-8-5-7-10(2)15-12/h5,7-8,11H,4,6,9H2,1-3H3,(H,16,18)/t11-/m0/s1. The van der Waals surface area contributed by atoms with Gasteiger partial charge in [0.25, 0.3) is 0 Å². The summed E-state index contributed by atoms with van der Waals surface area (Å²) in [5.41, 5.74) is 2.10. The Hall–Kier alpha value is -1.91. The molecule has 0 saturated heterocycles. The molecular formula is C14H20N4O. The molecule has 0 aliphatic rings. The first-order valence-electron chi connectivity index (χ1n) is 6.69. The number of aromatic nitrogens is 3. The van der Waals surface area contributed by atoms with Crippen LogP contribution in [0.4, 0.5) is 6.01 Å². The van der Waals surface area contributed by atoms with E-state index in [1.807, 2.05) is 25.1 Å². The molecule has 1 atom stereocenters. The largest absolute Gasteiger partial charge is 0.408 e. The van der Waals surface area contributed by atoms with Gasteiger partial charge in [-0.25, -0.2) is 0 Å². The van der Waals surface area contributed by atoms with Crippen molar-refractivity contribution in [3.05, 3.63) is 35.5 Å². The number of anilines is 1. The Kier molecular flexibility index (Phi) is 4.49. The van der Waals surface area contributed by atoms with Gasteiger partial charge in [0.15, 0.2) is 0 Å². The summed E-state index contributed by atoms with van der Waals surface area (Å²) >= 11 is 0. The SMILES string of the molecule is CCCc1nnc(N[C@@H](C)Cc2cccc(C)n2)o1. The zero-order valence-corrected chi connectivity index (χ0v) is 11.7. The third kappa shape index (κ3) is 4.05. The van der Waals surface area contributed by atoms with Gasteiger partial charge in [-0.2, -0.15) is 0 Å². The second-order valence-corrected chi connectivity index (χ2v) is 4.77. The fourth-order valence-corrected chi connectivity index (χ4v) is 1.92. The Bertz CT molecular complexity index is 524. The molecule has 2 rings (SSSR count). The Morgan fingerprint density at radius 3 is 2.89 bits per heavy atom. The second kappa shape index (κ2) is 6.31. The fourth-order valence-electron chi connectivity index (χ4n) is 1.92. The molecule has 0 aliphatic heterocycles. The van der Waals surface area contributed by atoms with Gasteiger partial charge >= 0.3 is 6.01 Å². The van der Waals surface area contributed by atoms with Gasteiger partial charge in [0.2, 0.25) is 5.89 Å². The van der Waals surface area contributed by atoms with Crippen molar-refractivity contribution in [3.8, 4) is 0 Å². The molecule has 0 unspecified atom stereocenters. The molecule has 2 aromatic heterocycles. The summed E-state index contributed by atoms with van der Waals surface area (Å²) in [6.07, 6.45) is 2.65. The molecule has 5 heteroatoms. The van der Waals surface area contributed by atoms with Crippen molar-refractivity contribution in [2.45, 2.75) is 46.1 Å². The van der Waals surface area contributed by atoms with E-state index < -0.39 is 0 Å². The first-order chi connectivity index (χ1) is 9.17. The number of hydrogen-bond acceptors (Lipinski definition) is 5. The van der Waals surface area contributed by atoms with Crippen LogP contribution in [0.15, 0.2) is 22.6 Å². The molecule has 0 spiro atoms. The molecular weight excluding hydrogens is 240 g/mol. The quantitative estimate of drug-likeness (QED) is 0.865. The summed E-state index contributed by atoms with van der Waals surface area (Å²) in [4.78, 5) is 4.48. The highest BCUT2D eigenvalue weighted by Crippen LogP contribution is 2.10. The Morgan fingerprint density at radius 2 is 2.16 bits per heavy atom. The lowest BCUT2D eigenvalue weighted by Gasteiger charge is -2.11. The molecule has 0 radical (unpaired) electrons. The van der Waals surface area contributed by atoms with Crippen molar-refractivity contribution in [2.75, 3.05) is 5.32 Å². The monoisotopic (exact) mass is 260 g/mol. The number of aryl methyl sites for hydroxylation is 2. The molecule has 0 bridgehead atoms. The summed E-state index contributed by atoms with van der Waals surface area (Å²) in [6.45, 7) is 6.16. The maximum atomic E-state index is 5.50. The second-order valence-electron chi connectivity index (χ2n) is 4.77. The van der Waals surface area contributed by atoms with Crippen LogP contribution in [0, 0.1) is 6.92 Å². The van der Waals surface area contributed by atoms with E-state index in [-0.39, 0.29) is 6.04 Å². The minimum atomic E-state index is 0.198. The van der Waals surface area contributed by atoms with Gasteiger partial charge in [0, 0.05) is 30.3 Å². The van der Waals surface area contributed by atoms with E-state index in [1.165, 1.54) is 0 Å². The van der Waals surface area contributed by atoms with E-state index in [0.29, 0.717) is 11.9 Å². The maximum absolute atomic E-state index is 5.50. The van der Waals surface area contributed by atoms with Crippen LogP contribution in [0.3, 0.4) is 0 Å². The average molecular weight is 260 g/mol. The van der Waals surface area contributed by atoms with Gasteiger partial charge in [-0.05, 0) is 32.4 Å². The van der Waals surface area contributed by atoms with Crippen LogP contribution in [-0.2, 0) is 12.8 Å².